The predicted molar refractivity (Wildman–Crippen MR) is 221 cm³/mol. The zero-order chi connectivity index (χ0) is 42.6. The average molecular weight is 852 g/mol. The van der Waals surface area contributed by atoms with Gasteiger partial charge in [0.1, 0.15) is 24.0 Å². The van der Waals surface area contributed by atoms with E-state index in [0.717, 1.165) is 70.4 Å². The molecule has 10 rings (SSSR count). The van der Waals surface area contributed by atoms with Crippen molar-refractivity contribution in [2.75, 3.05) is 43.1 Å². The second-order valence-electron chi connectivity index (χ2n) is 16.9. The molecule has 1 unspecified atom stereocenters. The molecule has 3 amide bonds. The van der Waals surface area contributed by atoms with Crippen LogP contribution >= 0.6 is 0 Å². The van der Waals surface area contributed by atoms with Crippen molar-refractivity contribution in [3.8, 4) is 11.8 Å². The van der Waals surface area contributed by atoms with Crippen LogP contribution in [-0.2, 0) is 26.1 Å². The topological polar surface area (TPSA) is 175 Å². The number of piperidine rings is 2. The average Bonchev–Trinajstić information content (AvgIpc) is 4.13. The first-order chi connectivity index (χ1) is 30.1. The maximum atomic E-state index is 14.3. The summed E-state index contributed by atoms with van der Waals surface area (Å²) in [5.41, 5.74) is 1.57. The molecule has 0 spiro atoms. The second kappa shape index (κ2) is 16.4. The molecule has 17 nitrogen and oxygen atoms in total. The lowest BCUT2D eigenvalue weighted by molar-refractivity contribution is -0.135. The van der Waals surface area contributed by atoms with Crippen molar-refractivity contribution in [2.24, 2.45) is 7.05 Å². The van der Waals surface area contributed by atoms with Gasteiger partial charge in [0.2, 0.25) is 11.8 Å². The predicted octanol–water partition coefficient (Wildman–Crippen LogP) is 3.74. The molecule has 4 aromatic heterocycles. The summed E-state index contributed by atoms with van der Waals surface area (Å²) in [5.74, 6) is 5.60. The standard InChI is InChI=1S/C43H47F2N11O6/c1-51-38-25(4-2-6-33(38)56(43(51)60)34-11-12-36(57)49-42(34)59)5-3-19-61-29-13-16-52(17-14-29)26-7-9-27(10-8-26)55-23-32(37(50-55)39(44)45)47-41(58)31-21-46-54-18-15-35(48-40(31)54)53-22-30-20-28(53)24-62-30/h2,4,6,15,18,21,23,26-30,34,39H,7-14,16-17,19-20,22,24H2,1H3,(H,47,58)(H,49,57,59)/t26?,27?,28-,30-,34?/m1/s1. The number of hydrogen-bond acceptors (Lipinski definition) is 11. The summed E-state index contributed by atoms with van der Waals surface area (Å²) in [5, 5.41) is 13.6. The van der Waals surface area contributed by atoms with Gasteiger partial charge in [-0.1, -0.05) is 17.9 Å². The lowest BCUT2D eigenvalue weighted by Crippen LogP contribution is -2.45. The molecule has 2 N–H and O–H groups in total. The Kier molecular flexibility index (Phi) is 10.6. The van der Waals surface area contributed by atoms with E-state index in [-0.39, 0.29) is 66.6 Å². The van der Waals surface area contributed by atoms with Gasteiger partial charge < -0.3 is 24.6 Å². The highest BCUT2D eigenvalue weighted by Crippen LogP contribution is 2.36. The van der Waals surface area contributed by atoms with Gasteiger partial charge in [-0.15, -0.1) is 0 Å². The lowest BCUT2D eigenvalue weighted by atomic mass is 9.89. The Hall–Kier alpha value is -5.97. The van der Waals surface area contributed by atoms with E-state index in [0.29, 0.717) is 34.9 Å². The molecule has 1 aromatic carbocycles. The van der Waals surface area contributed by atoms with Gasteiger partial charge >= 0.3 is 5.69 Å². The van der Waals surface area contributed by atoms with Gasteiger partial charge in [0.25, 0.3) is 12.3 Å². The van der Waals surface area contributed by atoms with E-state index in [4.69, 9.17) is 14.5 Å². The number of ether oxygens (including phenoxy) is 2. The van der Waals surface area contributed by atoms with E-state index in [1.807, 2.05) is 12.1 Å². The number of morpholine rings is 1. The number of anilines is 2. The number of aromatic nitrogens is 7. The zero-order valence-electron chi connectivity index (χ0n) is 34.2. The molecule has 5 aromatic rings. The molecule has 324 valence electrons. The third kappa shape index (κ3) is 7.43. The highest BCUT2D eigenvalue weighted by molar-refractivity contribution is 6.08. The third-order valence-electron chi connectivity index (χ3n) is 13.3. The van der Waals surface area contributed by atoms with Crippen LogP contribution in [0.3, 0.4) is 0 Å². The normalized spacial score (nSPS) is 24.6. The highest BCUT2D eigenvalue weighted by Gasteiger charge is 2.40. The Balaban J connectivity index is 0.720. The number of amides is 3. The number of nitrogens with one attached hydrogen (secondary N) is 2. The first-order valence-corrected chi connectivity index (χ1v) is 21.4. The Morgan fingerprint density at radius 1 is 1.05 bits per heavy atom. The molecular formula is C43H47F2N11O6. The van der Waals surface area contributed by atoms with Crippen LogP contribution in [0, 0.1) is 11.8 Å². The number of fused-ring (bicyclic) bond motifs is 4. The van der Waals surface area contributed by atoms with Crippen LogP contribution in [0.4, 0.5) is 20.3 Å². The molecule has 3 atom stereocenters. The Morgan fingerprint density at radius 2 is 1.85 bits per heavy atom. The Morgan fingerprint density at radius 3 is 2.60 bits per heavy atom. The van der Waals surface area contributed by atoms with Crippen molar-refractivity contribution >= 4 is 45.9 Å². The molecule has 2 bridgehead atoms. The monoisotopic (exact) mass is 851 g/mol. The van der Waals surface area contributed by atoms with Crippen LogP contribution in [0.25, 0.3) is 16.7 Å². The van der Waals surface area contributed by atoms with E-state index >= 15 is 0 Å². The van der Waals surface area contributed by atoms with Crippen LogP contribution in [0.5, 0.6) is 0 Å². The van der Waals surface area contributed by atoms with Crippen LogP contribution < -0.4 is 21.2 Å². The van der Waals surface area contributed by atoms with Crippen LogP contribution in [0.2, 0.25) is 0 Å². The van der Waals surface area contributed by atoms with E-state index in [2.05, 4.69) is 42.5 Å². The number of para-hydroxylation sites is 1. The Bertz CT molecular complexity index is 2680. The smallest absolute Gasteiger partial charge is 0.329 e. The quantitative estimate of drug-likeness (QED) is 0.163. The summed E-state index contributed by atoms with van der Waals surface area (Å²) in [6.07, 6.45) is 8.47. The summed E-state index contributed by atoms with van der Waals surface area (Å²) in [7, 11) is 1.65. The third-order valence-corrected chi connectivity index (χ3v) is 13.3. The van der Waals surface area contributed by atoms with Gasteiger partial charge in [0, 0.05) is 51.5 Å². The molecule has 1 saturated carbocycles. The van der Waals surface area contributed by atoms with Gasteiger partial charge in [-0.3, -0.25) is 33.5 Å². The Labute approximate surface area is 354 Å². The number of benzene rings is 1. The number of likely N-dealkylation sites (tertiary alicyclic amines) is 1. The van der Waals surface area contributed by atoms with Crippen LogP contribution in [-0.4, -0.2) is 113 Å². The number of imidazole rings is 1. The molecule has 62 heavy (non-hydrogen) atoms. The number of rotatable bonds is 9. The fourth-order valence-corrected chi connectivity index (χ4v) is 10.1. The van der Waals surface area contributed by atoms with E-state index in [1.54, 1.807) is 30.1 Å². The van der Waals surface area contributed by atoms with Gasteiger partial charge in [-0.05, 0) is 69.6 Å². The van der Waals surface area contributed by atoms with Crippen LogP contribution in [0.15, 0.2) is 47.7 Å². The SMILES string of the molecule is Cn1c(=O)n(C2CCC(=O)NC2=O)c2cccc(C#CCOC3CCN(C4CCC(n5cc(NC(=O)c6cnn7ccc(N8C[C@H]9C[C@@H]8CO9)nc67)c(C(F)F)n5)CC4)CC3)c21. The summed E-state index contributed by atoms with van der Waals surface area (Å²) in [6.45, 7) is 3.36. The lowest BCUT2D eigenvalue weighted by Gasteiger charge is -2.40. The van der Waals surface area contributed by atoms with Crippen molar-refractivity contribution in [1.82, 2.24) is 43.7 Å². The molecule has 19 heteroatoms. The number of hydrogen-bond donors (Lipinski definition) is 2. The highest BCUT2D eigenvalue weighted by atomic mass is 19.3. The molecule has 0 radical (unpaired) electrons. The van der Waals surface area contributed by atoms with Crippen molar-refractivity contribution in [2.45, 2.75) is 101 Å². The van der Waals surface area contributed by atoms with Crippen molar-refractivity contribution in [3.63, 3.8) is 0 Å². The van der Waals surface area contributed by atoms with E-state index in [9.17, 15) is 28.0 Å². The van der Waals surface area contributed by atoms with E-state index in [1.165, 1.54) is 26.0 Å². The summed E-state index contributed by atoms with van der Waals surface area (Å²) in [6, 6.07) is 7.05. The largest absolute Gasteiger partial charge is 0.374 e. The number of imide groups is 1. The maximum absolute atomic E-state index is 14.3. The summed E-state index contributed by atoms with van der Waals surface area (Å²) < 4.78 is 46.5. The molecular weight excluding hydrogens is 805 g/mol. The first-order valence-electron chi connectivity index (χ1n) is 21.4. The first kappa shape index (κ1) is 40.1. The fraction of sp³-hybridized carbons (Fsp3) is 0.512. The minimum atomic E-state index is -2.87. The number of carbonyl (C=O) groups is 3. The maximum Gasteiger partial charge on any atom is 0.329 e. The van der Waals surface area contributed by atoms with Crippen LogP contribution in [0.1, 0.15) is 97.9 Å². The van der Waals surface area contributed by atoms with Gasteiger partial charge in [0.05, 0.1) is 59.4 Å². The van der Waals surface area contributed by atoms with Gasteiger partial charge in [-0.25, -0.2) is 23.1 Å². The molecule has 4 aliphatic heterocycles. The number of carbonyl (C=O) groups excluding carboxylic acids is 3. The second-order valence-corrected chi connectivity index (χ2v) is 16.9. The summed E-state index contributed by atoms with van der Waals surface area (Å²) >= 11 is 0. The minimum absolute atomic E-state index is 0.0186. The number of alkyl halides is 2. The number of nitrogens with zero attached hydrogens (tertiary/aromatic N) is 9. The van der Waals surface area contributed by atoms with Crippen molar-refractivity contribution in [1.29, 1.82) is 0 Å². The molecule has 4 saturated heterocycles. The zero-order valence-corrected chi connectivity index (χ0v) is 34.2. The van der Waals surface area contributed by atoms with Crippen molar-refractivity contribution < 1.29 is 32.6 Å². The van der Waals surface area contributed by atoms with E-state index < -0.39 is 30.0 Å². The number of aryl methyl sites for hydroxylation is 1. The van der Waals surface area contributed by atoms with Gasteiger partial charge in [0.15, 0.2) is 11.3 Å². The molecule has 5 fully saturated rings. The van der Waals surface area contributed by atoms with Gasteiger partial charge in [-0.2, -0.15) is 10.2 Å². The van der Waals surface area contributed by atoms with Crippen molar-refractivity contribution in [3.05, 3.63) is 70.2 Å². The summed E-state index contributed by atoms with van der Waals surface area (Å²) in [4.78, 5) is 60.5. The molecule has 1 aliphatic carbocycles. The molecule has 8 heterocycles. The minimum Gasteiger partial charge on any atom is -0.374 e. The number of halogens is 2. The fourth-order valence-electron chi connectivity index (χ4n) is 10.1. The molecule has 5 aliphatic rings.